The van der Waals surface area contributed by atoms with Gasteiger partial charge in [0, 0.05) is 33.1 Å². The first-order valence-electron chi connectivity index (χ1n) is 7.59. The Morgan fingerprint density at radius 2 is 1.90 bits per heavy atom. The average molecular weight is 411 g/mol. The molecule has 0 aliphatic carbocycles. The minimum atomic E-state index is -0.131. The standard InChI is InChI=1S/C15H29N3O2.HI/c1-12-9-13(2)11-18(10-12)15(16-3)17-8-6-5-7-14(19)20-4;/h12-13H,5-11H2,1-4H3,(H,16,17);1H. The second kappa shape index (κ2) is 11.1. The molecule has 5 nitrogen and oxygen atoms in total. The maximum atomic E-state index is 11.0. The predicted octanol–water partition coefficient (Wildman–Crippen LogP) is 2.50. The summed E-state index contributed by atoms with van der Waals surface area (Å²) in [5.74, 6) is 2.29. The molecule has 0 aromatic carbocycles. The van der Waals surface area contributed by atoms with Crippen LogP contribution in [0.3, 0.4) is 0 Å². The number of unbranched alkanes of at least 4 members (excludes halogenated alkanes) is 1. The average Bonchev–Trinajstić information content (AvgIpc) is 2.41. The first-order chi connectivity index (χ1) is 9.56. The molecule has 0 spiro atoms. The number of esters is 1. The van der Waals surface area contributed by atoms with Crippen molar-refractivity contribution in [2.75, 3.05) is 33.8 Å². The molecule has 1 aliphatic heterocycles. The highest BCUT2D eigenvalue weighted by Crippen LogP contribution is 2.20. The SMILES string of the molecule is CN=C(NCCCCC(=O)OC)N1CC(C)CC(C)C1.I. The molecule has 1 N–H and O–H groups in total. The Morgan fingerprint density at radius 1 is 1.29 bits per heavy atom. The molecule has 1 aliphatic rings. The Labute approximate surface area is 145 Å². The fourth-order valence-electron chi connectivity index (χ4n) is 2.86. The van der Waals surface area contributed by atoms with Crippen LogP contribution in [0.4, 0.5) is 0 Å². The Kier molecular flexibility index (Phi) is 10.8. The minimum absolute atomic E-state index is 0. The van der Waals surface area contributed by atoms with Crippen molar-refractivity contribution in [1.29, 1.82) is 0 Å². The molecule has 1 rings (SSSR count). The number of hydrogen-bond acceptors (Lipinski definition) is 3. The molecule has 0 bridgehead atoms. The number of methoxy groups -OCH3 is 1. The number of guanidine groups is 1. The van der Waals surface area contributed by atoms with E-state index in [0.717, 1.165) is 50.3 Å². The van der Waals surface area contributed by atoms with Crippen molar-refractivity contribution in [1.82, 2.24) is 10.2 Å². The van der Waals surface area contributed by atoms with E-state index in [9.17, 15) is 4.79 Å². The van der Waals surface area contributed by atoms with Crippen LogP contribution in [0.1, 0.15) is 39.5 Å². The zero-order valence-electron chi connectivity index (χ0n) is 13.7. The number of piperidine rings is 1. The number of rotatable bonds is 5. The van der Waals surface area contributed by atoms with Gasteiger partial charge in [0.2, 0.25) is 0 Å². The van der Waals surface area contributed by atoms with E-state index in [0.29, 0.717) is 6.42 Å². The number of likely N-dealkylation sites (tertiary alicyclic amines) is 1. The number of carbonyl (C=O) groups is 1. The monoisotopic (exact) mass is 411 g/mol. The van der Waals surface area contributed by atoms with Crippen LogP contribution in [-0.4, -0.2) is 50.6 Å². The fourth-order valence-corrected chi connectivity index (χ4v) is 2.86. The summed E-state index contributed by atoms with van der Waals surface area (Å²) >= 11 is 0. The van der Waals surface area contributed by atoms with Crippen molar-refractivity contribution >= 4 is 35.9 Å². The molecule has 0 aromatic rings. The summed E-state index contributed by atoms with van der Waals surface area (Å²) in [4.78, 5) is 17.7. The summed E-state index contributed by atoms with van der Waals surface area (Å²) in [6, 6.07) is 0. The van der Waals surface area contributed by atoms with Crippen LogP contribution in [0.2, 0.25) is 0 Å². The van der Waals surface area contributed by atoms with Crippen molar-refractivity contribution in [3.63, 3.8) is 0 Å². The van der Waals surface area contributed by atoms with Gasteiger partial charge in [0.1, 0.15) is 0 Å². The van der Waals surface area contributed by atoms with Gasteiger partial charge in [-0.05, 0) is 31.1 Å². The lowest BCUT2D eigenvalue weighted by molar-refractivity contribution is -0.140. The third-order valence-electron chi connectivity index (χ3n) is 3.70. The molecule has 21 heavy (non-hydrogen) atoms. The Morgan fingerprint density at radius 3 is 2.43 bits per heavy atom. The largest absolute Gasteiger partial charge is 0.469 e. The second-order valence-electron chi connectivity index (χ2n) is 5.86. The van der Waals surface area contributed by atoms with Crippen LogP contribution in [0.5, 0.6) is 0 Å². The molecule has 1 fully saturated rings. The summed E-state index contributed by atoms with van der Waals surface area (Å²) < 4.78 is 4.63. The molecule has 6 heteroatoms. The van der Waals surface area contributed by atoms with E-state index in [1.807, 2.05) is 7.05 Å². The number of nitrogens with one attached hydrogen (secondary N) is 1. The van der Waals surface area contributed by atoms with Gasteiger partial charge in [-0.1, -0.05) is 13.8 Å². The van der Waals surface area contributed by atoms with E-state index in [-0.39, 0.29) is 29.9 Å². The number of nitrogens with zero attached hydrogens (tertiary/aromatic N) is 2. The van der Waals surface area contributed by atoms with Crippen LogP contribution < -0.4 is 5.32 Å². The molecule has 1 saturated heterocycles. The highest BCUT2D eigenvalue weighted by molar-refractivity contribution is 14.0. The van der Waals surface area contributed by atoms with Crippen molar-refractivity contribution in [2.45, 2.75) is 39.5 Å². The molecular weight excluding hydrogens is 381 g/mol. The summed E-state index contributed by atoms with van der Waals surface area (Å²) in [5, 5.41) is 3.40. The minimum Gasteiger partial charge on any atom is -0.469 e. The topological polar surface area (TPSA) is 53.9 Å². The van der Waals surface area contributed by atoms with Gasteiger partial charge >= 0.3 is 5.97 Å². The maximum absolute atomic E-state index is 11.0. The van der Waals surface area contributed by atoms with E-state index in [2.05, 4.69) is 33.8 Å². The molecule has 2 atom stereocenters. The van der Waals surface area contributed by atoms with E-state index < -0.39 is 0 Å². The van der Waals surface area contributed by atoms with Gasteiger partial charge < -0.3 is 15.0 Å². The van der Waals surface area contributed by atoms with Crippen molar-refractivity contribution < 1.29 is 9.53 Å². The lowest BCUT2D eigenvalue weighted by atomic mass is 9.92. The van der Waals surface area contributed by atoms with Gasteiger partial charge in [-0.2, -0.15) is 0 Å². The lowest BCUT2D eigenvalue weighted by Gasteiger charge is -2.37. The lowest BCUT2D eigenvalue weighted by Crippen LogP contribution is -2.48. The van der Waals surface area contributed by atoms with Gasteiger partial charge in [-0.25, -0.2) is 0 Å². The van der Waals surface area contributed by atoms with Gasteiger partial charge in [0.15, 0.2) is 5.96 Å². The number of ether oxygens (including phenoxy) is 1. The maximum Gasteiger partial charge on any atom is 0.305 e. The molecular formula is C15H30IN3O2. The number of hydrogen-bond donors (Lipinski definition) is 1. The second-order valence-corrected chi connectivity index (χ2v) is 5.86. The van der Waals surface area contributed by atoms with Crippen LogP contribution >= 0.6 is 24.0 Å². The normalized spacial score (nSPS) is 22.5. The molecule has 0 radical (unpaired) electrons. The van der Waals surface area contributed by atoms with E-state index in [4.69, 9.17) is 0 Å². The van der Waals surface area contributed by atoms with Gasteiger partial charge in [-0.3, -0.25) is 9.79 Å². The highest BCUT2D eigenvalue weighted by Gasteiger charge is 2.23. The predicted molar refractivity (Wildman–Crippen MR) is 97.2 cm³/mol. The first kappa shape index (κ1) is 20.5. The van der Waals surface area contributed by atoms with Crippen molar-refractivity contribution in [3.05, 3.63) is 0 Å². The summed E-state index contributed by atoms with van der Waals surface area (Å²) in [5.41, 5.74) is 0. The zero-order valence-corrected chi connectivity index (χ0v) is 16.1. The summed E-state index contributed by atoms with van der Waals surface area (Å²) in [6.45, 7) is 7.60. The van der Waals surface area contributed by atoms with Crippen LogP contribution in [0.15, 0.2) is 4.99 Å². The van der Waals surface area contributed by atoms with Crippen LogP contribution in [0, 0.1) is 11.8 Å². The van der Waals surface area contributed by atoms with Crippen LogP contribution in [0.25, 0.3) is 0 Å². The smallest absolute Gasteiger partial charge is 0.305 e. The quantitative estimate of drug-likeness (QED) is 0.248. The Hall–Kier alpha value is -0.530. The summed E-state index contributed by atoms with van der Waals surface area (Å²) in [7, 11) is 3.27. The number of aliphatic imine (C=N–C) groups is 1. The van der Waals surface area contributed by atoms with E-state index in [1.54, 1.807) is 0 Å². The van der Waals surface area contributed by atoms with Crippen LogP contribution in [-0.2, 0) is 9.53 Å². The number of carbonyl (C=O) groups excluding carboxylic acids is 1. The fraction of sp³-hybridized carbons (Fsp3) is 0.867. The van der Waals surface area contributed by atoms with Gasteiger partial charge in [0.05, 0.1) is 7.11 Å². The molecule has 0 saturated carbocycles. The molecule has 0 amide bonds. The highest BCUT2D eigenvalue weighted by atomic mass is 127. The zero-order chi connectivity index (χ0) is 15.0. The number of halogens is 1. The van der Waals surface area contributed by atoms with Crippen molar-refractivity contribution in [3.8, 4) is 0 Å². The molecule has 1 heterocycles. The molecule has 0 aromatic heterocycles. The third kappa shape index (κ3) is 7.87. The Bertz CT molecular complexity index is 327. The van der Waals surface area contributed by atoms with Gasteiger partial charge in [-0.15, -0.1) is 24.0 Å². The molecule has 2 unspecified atom stereocenters. The molecule has 124 valence electrons. The third-order valence-corrected chi connectivity index (χ3v) is 3.70. The van der Waals surface area contributed by atoms with Crippen molar-refractivity contribution in [2.24, 2.45) is 16.8 Å². The summed E-state index contributed by atoms with van der Waals surface area (Å²) in [6.07, 6.45) is 3.59. The van der Waals surface area contributed by atoms with E-state index >= 15 is 0 Å². The van der Waals surface area contributed by atoms with Gasteiger partial charge in [0.25, 0.3) is 0 Å². The Balaban J connectivity index is 0.00000400. The first-order valence-corrected chi connectivity index (χ1v) is 7.59. The van der Waals surface area contributed by atoms with E-state index in [1.165, 1.54) is 13.5 Å².